The molecule has 0 bridgehead atoms. The van der Waals surface area contributed by atoms with Crippen LogP contribution >= 0.6 is 0 Å². The van der Waals surface area contributed by atoms with Gasteiger partial charge in [-0.05, 0) is 43.5 Å². The molecule has 116 valence electrons. The van der Waals surface area contributed by atoms with Crippen LogP contribution in [-0.2, 0) is 11.3 Å². The summed E-state index contributed by atoms with van der Waals surface area (Å²) >= 11 is 0. The van der Waals surface area contributed by atoms with Gasteiger partial charge in [-0.3, -0.25) is 4.90 Å². The molecule has 0 fully saturated rings. The number of aliphatic carboxylic acids is 1. The Kier molecular flexibility index (Phi) is 6.56. The van der Waals surface area contributed by atoms with Gasteiger partial charge in [0.1, 0.15) is 5.82 Å². The van der Waals surface area contributed by atoms with Gasteiger partial charge >= 0.3 is 5.97 Å². The Morgan fingerprint density at radius 3 is 2.52 bits per heavy atom. The fourth-order valence-corrected chi connectivity index (χ4v) is 2.14. The Morgan fingerprint density at radius 1 is 1.33 bits per heavy atom. The van der Waals surface area contributed by atoms with Crippen LogP contribution in [0.5, 0.6) is 0 Å². The van der Waals surface area contributed by atoms with E-state index < -0.39 is 11.8 Å². The molecule has 0 aliphatic carbocycles. The van der Waals surface area contributed by atoms with Crippen LogP contribution in [0.2, 0.25) is 0 Å². The molecule has 0 saturated carbocycles. The molecular formula is C17H24FNO2. The first-order valence-electron chi connectivity index (χ1n) is 7.23. The highest BCUT2D eigenvalue weighted by atomic mass is 19.1. The lowest BCUT2D eigenvalue weighted by atomic mass is 10.1. The number of carboxylic acid groups (broad SMARTS) is 1. The van der Waals surface area contributed by atoms with E-state index in [2.05, 4.69) is 32.6 Å². The molecular weight excluding hydrogens is 269 g/mol. The van der Waals surface area contributed by atoms with Crippen molar-refractivity contribution in [3.05, 3.63) is 41.2 Å². The summed E-state index contributed by atoms with van der Waals surface area (Å²) in [6, 6.07) is 5.26. The first-order chi connectivity index (χ1) is 9.79. The van der Waals surface area contributed by atoms with Crippen LogP contribution in [0.4, 0.5) is 4.39 Å². The van der Waals surface area contributed by atoms with E-state index in [-0.39, 0.29) is 0 Å². The molecule has 0 heterocycles. The smallest absolute Gasteiger partial charge is 0.328 e. The predicted octanol–water partition coefficient (Wildman–Crippen LogP) is 3.79. The molecule has 1 aromatic carbocycles. The quantitative estimate of drug-likeness (QED) is 0.778. The van der Waals surface area contributed by atoms with Gasteiger partial charge in [0, 0.05) is 30.8 Å². The van der Waals surface area contributed by atoms with Crippen molar-refractivity contribution in [2.75, 3.05) is 6.54 Å². The number of carbonyl (C=O) groups is 1. The number of halogens is 1. The zero-order chi connectivity index (χ0) is 16.0. The maximum Gasteiger partial charge on any atom is 0.328 e. The van der Waals surface area contributed by atoms with E-state index in [9.17, 15) is 9.18 Å². The Labute approximate surface area is 126 Å². The zero-order valence-electron chi connectivity index (χ0n) is 13.1. The molecule has 0 aromatic heterocycles. The van der Waals surface area contributed by atoms with Gasteiger partial charge in [-0.25, -0.2) is 9.18 Å². The van der Waals surface area contributed by atoms with Gasteiger partial charge in [-0.2, -0.15) is 0 Å². The summed E-state index contributed by atoms with van der Waals surface area (Å²) < 4.78 is 13.7. The third-order valence-electron chi connectivity index (χ3n) is 3.18. The lowest BCUT2D eigenvalue weighted by Gasteiger charge is -2.28. The second kappa shape index (κ2) is 7.93. The second-order valence-corrected chi connectivity index (χ2v) is 5.94. The average molecular weight is 293 g/mol. The normalized spacial score (nSPS) is 12.0. The number of carboxylic acids is 1. The highest BCUT2D eigenvalue weighted by Gasteiger charge is 2.12. The molecule has 0 saturated heterocycles. The highest BCUT2D eigenvalue weighted by Crippen LogP contribution is 2.16. The summed E-state index contributed by atoms with van der Waals surface area (Å²) in [7, 11) is 0. The Balaban J connectivity index is 2.92. The number of rotatable bonds is 7. The number of nitrogens with zero attached hydrogens (tertiary/aromatic N) is 1. The van der Waals surface area contributed by atoms with Crippen molar-refractivity contribution in [2.24, 2.45) is 5.92 Å². The van der Waals surface area contributed by atoms with Crippen LogP contribution in [-0.4, -0.2) is 28.6 Å². The minimum absolute atomic E-state index is 0.308. The lowest BCUT2D eigenvalue weighted by Crippen LogP contribution is -2.33. The highest BCUT2D eigenvalue weighted by molar-refractivity contribution is 5.85. The molecule has 1 N–H and O–H groups in total. The monoisotopic (exact) mass is 293 g/mol. The van der Waals surface area contributed by atoms with Gasteiger partial charge in [0.15, 0.2) is 0 Å². The summed E-state index contributed by atoms with van der Waals surface area (Å²) in [6.45, 7) is 10.3. The molecule has 3 nitrogen and oxygen atoms in total. The fourth-order valence-electron chi connectivity index (χ4n) is 2.14. The summed E-state index contributed by atoms with van der Waals surface area (Å²) in [4.78, 5) is 12.9. The SMILES string of the molecule is CC(C)CN(Cc1ccc(F)c(C=CC(=O)O)c1)C(C)C. The molecule has 0 aliphatic rings. The van der Waals surface area contributed by atoms with E-state index in [1.807, 2.05) is 0 Å². The summed E-state index contributed by atoms with van der Waals surface area (Å²) in [5, 5.41) is 8.63. The molecule has 0 spiro atoms. The molecule has 0 unspecified atom stereocenters. The minimum Gasteiger partial charge on any atom is -0.478 e. The standard InChI is InChI=1S/C17H24FNO2/c1-12(2)10-19(13(3)4)11-14-5-7-16(18)15(9-14)6-8-17(20)21/h5-9,12-13H,10-11H2,1-4H3,(H,20,21). The Bertz CT molecular complexity index is 510. The lowest BCUT2D eigenvalue weighted by molar-refractivity contribution is -0.131. The molecule has 0 radical (unpaired) electrons. The van der Waals surface area contributed by atoms with Gasteiger partial charge in [0.25, 0.3) is 0 Å². The largest absolute Gasteiger partial charge is 0.478 e. The molecule has 4 heteroatoms. The van der Waals surface area contributed by atoms with Crippen LogP contribution in [0.25, 0.3) is 6.08 Å². The summed E-state index contributed by atoms with van der Waals surface area (Å²) in [5.41, 5.74) is 1.29. The summed E-state index contributed by atoms with van der Waals surface area (Å²) in [5.74, 6) is -0.932. The van der Waals surface area contributed by atoms with Gasteiger partial charge in [-0.1, -0.05) is 19.9 Å². The van der Waals surface area contributed by atoms with Gasteiger partial charge < -0.3 is 5.11 Å². The second-order valence-electron chi connectivity index (χ2n) is 5.94. The van der Waals surface area contributed by atoms with E-state index >= 15 is 0 Å². The van der Waals surface area contributed by atoms with Crippen molar-refractivity contribution in [1.82, 2.24) is 4.90 Å². The summed E-state index contributed by atoms with van der Waals surface area (Å²) in [6.07, 6.45) is 2.25. The number of hydrogen-bond acceptors (Lipinski definition) is 2. The van der Waals surface area contributed by atoms with Crippen LogP contribution in [0, 0.1) is 11.7 Å². The van der Waals surface area contributed by atoms with Crippen molar-refractivity contribution < 1.29 is 14.3 Å². The number of hydrogen-bond donors (Lipinski definition) is 1. The fraction of sp³-hybridized carbons (Fsp3) is 0.471. The first kappa shape index (κ1) is 17.4. The van der Waals surface area contributed by atoms with E-state index in [1.54, 1.807) is 12.1 Å². The van der Waals surface area contributed by atoms with E-state index in [4.69, 9.17) is 5.11 Å². The van der Waals surface area contributed by atoms with Gasteiger partial charge in [-0.15, -0.1) is 0 Å². The Morgan fingerprint density at radius 2 is 2.00 bits per heavy atom. The van der Waals surface area contributed by atoms with Crippen LogP contribution in [0.15, 0.2) is 24.3 Å². The maximum absolute atomic E-state index is 13.7. The van der Waals surface area contributed by atoms with Crippen molar-refractivity contribution in [2.45, 2.75) is 40.3 Å². The Hall–Kier alpha value is -1.68. The molecule has 21 heavy (non-hydrogen) atoms. The predicted molar refractivity (Wildman–Crippen MR) is 83.5 cm³/mol. The minimum atomic E-state index is -1.08. The average Bonchev–Trinajstić information content (AvgIpc) is 2.37. The third-order valence-corrected chi connectivity index (χ3v) is 3.18. The third kappa shape index (κ3) is 6.08. The zero-order valence-corrected chi connectivity index (χ0v) is 13.1. The van der Waals surface area contributed by atoms with Crippen molar-refractivity contribution >= 4 is 12.0 Å². The van der Waals surface area contributed by atoms with Crippen molar-refractivity contribution in [1.29, 1.82) is 0 Å². The topological polar surface area (TPSA) is 40.5 Å². The van der Waals surface area contributed by atoms with Gasteiger partial charge in [0.05, 0.1) is 0 Å². The van der Waals surface area contributed by atoms with Crippen LogP contribution < -0.4 is 0 Å². The van der Waals surface area contributed by atoms with Crippen molar-refractivity contribution in [3.8, 4) is 0 Å². The van der Waals surface area contributed by atoms with E-state index in [0.29, 0.717) is 17.5 Å². The maximum atomic E-state index is 13.7. The molecule has 1 aromatic rings. The van der Waals surface area contributed by atoms with E-state index in [0.717, 1.165) is 24.7 Å². The van der Waals surface area contributed by atoms with Crippen molar-refractivity contribution in [3.63, 3.8) is 0 Å². The first-order valence-corrected chi connectivity index (χ1v) is 7.23. The molecule has 0 amide bonds. The van der Waals surface area contributed by atoms with Gasteiger partial charge in [0.2, 0.25) is 0 Å². The molecule has 0 atom stereocenters. The van der Waals surface area contributed by atoms with E-state index in [1.165, 1.54) is 12.1 Å². The van der Waals surface area contributed by atoms with Crippen LogP contribution in [0.3, 0.4) is 0 Å². The number of benzene rings is 1. The molecule has 1 rings (SSSR count). The molecule has 0 aliphatic heterocycles. The van der Waals surface area contributed by atoms with Crippen LogP contribution in [0.1, 0.15) is 38.8 Å².